The van der Waals surface area contributed by atoms with Crippen LogP contribution < -0.4 is 0 Å². The van der Waals surface area contributed by atoms with Gasteiger partial charge < -0.3 is 0 Å². The first-order valence-corrected chi connectivity index (χ1v) is 10.1. The summed E-state index contributed by atoms with van der Waals surface area (Å²) in [5, 5.41) is 0. The van der Waals surface area contributed by atoms with E-state index in [1.54, 1.807) is 11.1 Å². The fourth-order valence-electron chi connectivity index (χ4n) is 4.66. The smallest absolute Gasteiger partial charge is 0.0117 e. The van der Waals surface area contributed by atoms with Gasteiger partial charge in [0.05, 0.1) is 0 Å². The van der Waals surface area contributed by atoms with E-state index in [4.69, 9.17) is 0 Å². The van der Waals surface area contributed by atoms with Crippen molar-refractivity contribution in [3.63, 3.8) is 0 Å². The van der Waals surface area contributed by atoms with Crippen LogP contribution in [0.15, 0.2) is 89.0 Å². The van der Waals surface area contributed by atoms with Crippen molar-refractivity contribution in [1.82, 2.24) is 0 Å². The third-order valence-corrected chi connectivity index (χ3v) is 6.06. The molecular weight excluding hydrogens is 324 g/mol. The van der Waals surface area contributed by atoms with Crippen LogP contribution in [-0.4, -0.2) is 0 Å². The van der Waals surface area contributed by atoms with Crippen LogP contribution >= 0.6 is 0 Å². The number of hydrogen-bond donors (Lipinski definition) is 0. The monoisotopic (exact) mass is 352 g/mol. The highest BCUT2D eigenvalue weighted by atomic mass is 14.3. The van der Waals surface area contributed by atoms with Crippen LogP contribution in [0.4, 0.5) is 0 Å². The molecule has 2 aliphatic carbocycles. The molecule has 0 radical (unpaired) electrons. The number of benzene rings is 2. The first-order chi connectivity index (χ1) is 13.2. The van der Waals surface area contributed by atoms with Crippen molar-refractivity contribution >= 4 is 11.1 Å². The molecule has 0 saturated carbocycles. The third-order valence-electron chi connectivity index (χ3n) is 6.06. The minimum absolute atomic E-state index is 1.13. The Morgan fingerprint density at radius 3 is 2.11 bits per heavy atom. The molecule has 0 aromatic heterocycles. The minimum Gasteiger partial charge on any atom is -0.0839 e. The Hall–Kier alpha value is -2.60. The molecule has 2 aromatic carbocycles. The second kappa shape index (κ2) is 7.56. The highest BCUT2D eigenvalue weighted by Crippen LogP contribution is 2.45. The Labute approximate surface area is 163 Å². The molecule has 0 heteroatoms. The lowest BCUT2D eigenvalue weighted by molar-refractivity contribution is 0.889. The predicted molar refractivity (Wildman–Crippen MR) is 117 cm³/mol. The normalized spacial score (nSPS) is 17.7. The standard InChI is InChI=1S/C27H28/c1-19-11-7-9-15-23(19)25-17-18-26(24-16-10-8-12-20(24)2)27(21(25)3)22-13-5-4-6-14-22/h4-9,11-15H,10,16-18H2,1-3H3. The molecule has 0 bridgehead atoms. The zero-order chi connectivity index (χ0) is 18.8. The van der Waals surface area contributed by atoms with E-state index in [0.29, 0.717) is 0 Å². The molecule has 0 fully saturated rings. The number of allylic oxidation sites excluding steroid dienone is 8. The van der Waals surface area contributed by atoms with Crippen molar-refractivity contribution in [2.24, 2.45) is 0 Å². The maximum absolute atomic E-state index is 2.33. The molecule has 136 valence electrons. The van der Waals surface area contributed by atoms with E-state index in [-0.39, 0.29) is 0 Å². The van der Waals surface area contributed by atoms with E-state index in [1.165, 1.54) is 45.4 Å². The van der Waals surface area contributed by atoms with E-state index < -0.39 is 0 Å². The highest BCUT2D eigenvalue weighted by molar-refractivity contribution is 5.94. The third kappa shape index (κ3) is 3.37. The van der Waals surface area contributed by atoms with Gasteiger partial charge in [0.15, 0.2) is 0 Å². The van der Waals surface area contributed by atoms with Crippen LogP contribution in [0, 0.1) is 6.92 Å². The first-order valence-electron chi connectivity index (χ1n) is 10.1. The molecule has 27 heavy (non-hydrogen) atoms. The minimum atomic E-state index is 1.13. The second-order valence-electron chi connectivity index (χ2n) is 7.74. The Morgan fingerprint density at radius 1 is 0.667 bits per heavy atom. The van der Waals surface area contributed by atoms with Crippen LogP contribution in [-0.2, 0) is 0 Å². The number of hydrogen-bond acceptors (Lipinski definition) is 0. The Balaban J connectivity index is 1.96. The van der Waals surface area contributed by atoms with Crippen molar-refractivity contribution in [3.05, 3.63) is 106 Å². The fraction of sp³-hybridized carbons (Fsp3) is 0.259. The average Bonchev–Trinajstić information content (AvgIpc) is 2.70. The molecule has 2 aromatic rings. The molecule has 0 saturated heterocycles. The lowest BCUT2D eigenvalue weighted by atomic mass is 9.75. The van der Waals surface area contributed by atoms with Crippen LogP contribution in [0.3, 0.4) is 0 Å². The second-order valence-corrected chi connectivity index (χ2v) is 7.74. The summed E-state index contributed by atoms with van der Waals surface area (Å²) in [5.74, 6) is 0. The molecule has 0 heterocycles. The number of rotatable bonds is 3. The quantitative estimate of drug-likeness (QED) is 0.531. The van der Waals surface area contributed by atoms with Gasteiger partial charge in [-0.2, -0.15) is 0 Å². The van der Waals surface area contributed by atoms with Gasteiger partial charge in [-0.15, -0.1) is 0 Å². The van der Waals surface area contributed by atoms with Crippen LogP contribution in [0.25, 0.3) is 11.1 Å². The Bertz CT molecular complexity index is 978. The molecule has 0 spiro atoms. The van der Waals surface area contributed by atoms with Gasteiger partial charge in [0, 0.05) is 0 Å². The van der Waals surface area contributed by atoms with Crippen molar-refractivity contribution in [1.29, 1.82) is 0 Å². The summed E-state index contributed by atoms with van der Waals surface area (Å²) in [6, 6.07) is 19.8. The molecule has 0 amide bonds. The van der Waals surface area contributed by atoms with Gasteiger partial charge in [-0.05, 0) is 96.6 Å². The summed E-state index contributed by atoms with van der Waals surface area (Å²) >= 11 is 0. The highest BCUT2D eigenvalue weighted by Gasteiger charge is 2.24. The van der Waals surface area contributed by atoms with Gasteiger partial charge in [0.1, 0.15) is 0 Å². The molecular formula is C27H28. The average molecular weight is 353 g/mol. The van der Waals surface area contributed by atoms with Gasteiger partial charge in [-0.1, -0.05) is 66.7 Å². The van der Waals surface area contributed by atoms with Gasteiger partial charge in [-0.25, -0.2) is 0 Å². The maximum Gasteiger partial charge on any atom is -0.0117 e. The Kier molecular flexibility index (Phi) is 4.99. The lowest BCUT2D eigenvalue weighted by Crippen LogP contribution is -2.08. The molecule has 0 aliphatic heterocycles. The van der Waals surface area contributed by atoms with Crippen LogP contribution in [0.1, 0.15) is 56.2 Å². The molecule has 0 N–H and O–H groups in total. The van der Waals surface area contributed by atoms with Crippen LogP contribution in [0.2, 0.25) is 0 Å². The predicted octanol–water partition coefficient (Wildman–Crippen LogP) is 7.68. The van der Waals surface area contributed by atoms with E-state index >= 15 is 0 Å². The van der Waals surface area contributed by atoms with Gasteiger partial charge in [0.2, 0.25) is 0 Å². The molecule has 0 unspecified atom stereocenters. The zero-order valence-corrected chi connectivity index (χ0v) is 16.7. The zero-order valence-electron chi connectivity index (χ0n) is 16.7. The van der Waals surface area contributed by atoms with Crippen molar-refractivity contribution in [2.45, 2.75) is 46.5 Å². The van der Waals surface area contributed by atoms with Crippen LogP contribution in [0.5, 0.6) is 0 Å². The summed E-state index contributed by atoms with van der Waals surface area (Å²) in [5.41, 5.74) is 13.1. The SMILES string of the molecule is CC1=C(C2=C(c3ccccc3)C(C)=C(c3ccccc3C)CC2)CCC=C1. The summed E-state index contributed by atoms with van der Waals surface area (Å²) in [4.78, 5) is 0. The van der Waals surface area contributed by atoms with Crippen molar-refractivity contribution in [3.8, 4) is 0 Å². The topological polar surface area (TPSA) is 0 Å². The largest absolute Gasteiger partial charge is 0.0839 e. The van der Waals surface area contributed by atoms with Gasteiger partial charge in [0.25, 0.3) is 0 Å². The summed E-state index contributed by atoms with van der Waals surface area (Å²) in [6.07, 6.45) is 9.21. The maximum atomic E-state index is 2.33. The van der Waals surface area contributed by atoms with Crippen molar-refractivity contribution in [2.75, 3.05) is 0 Å². The summed E-state index contributed by atoms with van der Waals surface area (Å²) < 4.78 is 0. The molecule has 0 nitrogen and oxygen atoms in total. The lowest BCUT2D eigenvalue weighted by Gasteiger charge is -2.29. The summed E-state index contributed by atoms with van der Waals surface area (Å²) in [7, 11) is 0. The van der Waals surface area contributed by atoms with E-state index in [2.05, 4.69) is 87.5 Å². The first kappa shape index (κ1) is 17.8. The van der Waals surface area contributed by atoms with Gasteiger partial charge in [-0.3, -0.25) is 0 Å². The Morgan fingerprint density at radius 2 is 1.37 bits per heavy atom. The molecule has 0 atom stereocenters. The van der Waals surface area contributed by atoms with E-state index in [9.17, 15) is 0 Å². The fourth-order valence-corrected chi connectivity index (χ4v) is 4.66. The summed E-state index contributed by atoms with van der Waals surface area (Å²) in [6.45, 7) is 6.84. The molecule has 2 aliphatic rings. The molecule has 4 rings (SSSR count). The van der Waals surface area contributed by atoms with Crippen molar-refractivity contribution < 1.29 is 0 Å². The van der Waals surface area contributed by atoms with E-state index in [0.717, 1.165) is 19.3 Å². The van der Waals surface area contributed by atoms with E-state index in [1.807, 2.05) is 0 Å². The van der Waals surface area contributed by atoms with Gasteiger partial charge >= 0.3 is 0 Å². The number of aryl methyl sites for hydroxylation is 1.